The van der Waals surface area contributed by atoms with Crippen molar-refractivity contribution < 1.29 is 9.53 Å². The number of benzene rings is 1. The van der Waals surface area contributed by atoms with Gasteiger partial charge in [-0.05, 0) is 50.8 Å². The molecular weight excluding hydrogens is 380 g/mol. The fourth-order valence-electron chi connectivity index (χ4n) is 4.01. The van der Waals surface area contributed by atoms with Crippen LogP contribution in [0.5, 0.6) is 5.88 Å². The van der Waals surface area contributed by atoms with E-state index in [-0.39, 0.29) is 5.91 Å². The lowest BCUT2D eigenvalue weighted by atomic mass is 10.1. The van der Waals surface area contributed by atoms with Crippen LogP contribution in [-0.4, -0.2) is 63.8 Å². The molecule has 1 aliphatic heterocycles. The van der Waals surface area contributed by atoms with Crippen LogP contribution in [0.15, 0.2) is 24.5 Å². The average Bonchev–Trinajstić information content (AvgIpc) is 3.54. The monoisotopic (exact) mass is 406 g/mol. The molecule has 8 heteroatoms. The standard InChI is InChI=1S/C22H26N6O2/c1-14-20(15(2)26-25-14)22(29)28-9-7-27(8-10-28)17-5-6-19-18(11-17)21(24-13-23-19)30-12-16-3-4-16/h5-6,11,13,16H,3-4,7-10,12H2,1-2H3,(H,25,26). The van der Waals surface area contributed by atoms with Gasteiger partial charge in [-0.15, -0.1) is 0 Å². The Morgan fingerprint density at radius 1 is 1.17 bits per heavy atom. The molecule has 5 rings (SSSR count). The van der Waals surface area contributed by atoms with Gasteiger partial charge < -0.3 is 14.5 Å². The Morgan fingerprint density at radius 2 is 1.97 bits per heavy atom. The number of carbonyl (C=O) groups is 1. The molecule has 2 aromatic heterocycles. The quantitative estimate of drug-likeness (QED) is 0.701. The topological polar surface area (TPSA) is 87.2 Å². The van der Waals surface area contributed by atoms with Crippen LogP contribution in [0.3, 0.4) is 0 Å². The van der Waals surface area contributed by atoms with Crippen molar-refractivity contribution in [1.82, 2.24) is 25.1 Å². The summed E-state index contributed by atoms with van der Waals surface area (Å²) in [6, 6.07) is 6.22. The minimum absolute atomic E-state index is 0.0565. The fraction of sp³-hybridized carbons (Fsp3) is 0.455. The highest BCUT2D eigenvalue weighted by molar-refractivity contribution is 5.96. The molecule has 0 bridgehead atoms. The molecule has 1 amide bonds. The summed E-state index contributed by atoms with van der Waals surface area (Å²) in [5.74, 6) is 1.39. The van der Waals surface area contributed by atoms with E-state index in [2.05, 4.69) is 37.2 Å². The number of amides is 1. The van der Waals surface area contributed by atoms with E-state index in [1.807, 2.05) is 24.8 Å². The van der Waals surface area contributed by atoms with Crippen molar-refractivity contribution in [3.05, 3.63) is 41.5 Å². The van der Waals surface area contributed by atoms with Gasteiger partial charge in [0.15, 0.2) is 0 Å². The summed E-state index contributed by atoms with van der Waals surface area (Å²) < 4.78 is 5.97. The number of carbonyl (C=O) groups excluding carboxylic acids is 1. The van der Waals surface area contributed by atoms with Crippen LogP contribution < -0.4 is 9.64 Å². The molecule has 0 unspecified atom stereocenters. The van der Waals surface area contributed by atoms with Crippen molar-refractivity contribution in [2.24, 2.45) is 5.92 Å². The van der Waals surface area contributed by atoms with Crippen molar-refractivity contribution in [3.63, 3.8) is 0 Å². The van der Waals surface area contributed by atoms with Crippen molar-refractivity contribution in [2.45, 2.75) is 26.7 Å². The SMILES string of the molecule is Cc1n[nH]c(C)c1C(=O)N1CCN(c2ccc3ncnc(OCC4CC4)c3c2)CC1. The van der Waals surface area contributed by atoms with Crippen molar-refractivity contribution in [1.29, 1.82) is 0 Å². The van der Waals surface area contributed by atoms with E-state index in [9.17, 15) is 4.79 Å². The molecule has 156 valence electrons. The third-order valence-electron chi connectivity index (χ3n) is 6.01. The van der Waals surface area contributed by atoms with E-state index in [4.69, 9.17) is 4.74 Å². The number of aromatic nitrogens is 4. The molecule has 0 spiro atoms. The lowest BCUT2D eigenvalue weighted by Crippen LogP contribution is -2.49. The second-order valence-electron chi connectivity index (χ2n) is 8.22. The van der Waals surface area contributed by atoms with Gasteiger partial charge in [0.2, 0.25) is 5.88 Å². The number of aryl methyl sites for hydroxylation is 2. The maximum atomic E-state index is 12.9. The lowest BCUT2D eigenvalue weighted by Gasteiger charge is -2.36. The Kier molecular flexibility index (Phi) is 4.77. The van der Waals surface area contributed by atoms with Crippen molar-refractivity contribution in [3.8, 4) is 5.88 Å². The van der Waals surface area contributed by atoms with Gasteiger partial charge in [0.1, 0.15) is 6.33 Å². The Balaban J connectivity index is 1.30. The predicted octanol–water partition coefficient (Wildman–Crippen LogP) is 2.72. The van der Waals surface area contributed by atoms with E-state index >= 15 is 0 Å². The Morgan fingerprint density at radius 3 is 2.67 bits per heavy atom. The summed E-state index contributed by atoms with van der Waals surface area (Å²) in [6.45, 7) is 7.40. The van der Waals surface area contributed by atoms with E-state index in [1.54, 1.807) is 6.33 Å². The molecule has 2 aliphatic rings. The van der Waals surface area contributed by atoms with Gasteiger partial charge in [0.25, 0.3) is 5.91 Å². The van der Waals surface area contributed by atoms with Crippen LogP contribution in [0.2, 0.25) is 0 Å². The molecular formula is C22H26N6O2. The first-order chi connectivity index (χ1) is 14.6. The third-order valence-corrected chi connectivity index (χ3v) is 6.01. The summed E-state index contributed by atoms with van der Waals surface area (Å²) in [4.78, 5) is 25.9. The third kappa shape index (κ3) is 3.58. The number of hydrogen-bond acceptors (Lipinski definition) is 6. The fourth-order valence-corrected chi connectivity index (χ4v) is 4.01. The zero-order valence-corrected chi connectivity index (χ0v) is 17.4. The van der Waals surface area contributed by atoms with E-state index in [0.29, 0.717) is 30.5 Å². The zero-order valence-electron chi connectivity index (χ0n) is 17.4. The van der Waals surface area contributed by atoms with Crippen LogP contribution in [0.4, 0.5) is 5.69 Å². The minimum Gasteiger partial charge on any atom is -0.477 e. The largest absolute Gasteiger partial charge is 0.477 e. The smallest absolute Gasteiger partial charge is 0.257 e. The van der Waals surface area contributed by atoms with Gasteiger partial charge in [0, 0.05) is 37.6 Å². The molecule has 3 heterocycles. The van der Waals surface area contributed by atoms with Crippen LogP contribution in [0, 0.1) is 19.8 Å². The molecule has 1 saturated carbocycles. The second kappa shape index (κ2) is 7.59. The molecule has 0 radical (unpaired) electrons. The molecule has 3 aromatic rings. The first kappa shape index (κ1) is 18.8. The Bertz CT molecular complexity index is 1060. The number of hydrogen-bond donors (Lipinski definition) is 1. The molecule has 2 fully saturated rings. The summed E-state index contributed by atoms with van der Waals surface area (Å²) in [5.41, 5.74) is 4.28. The Labute approximate surface area is 175 Å². The van der Waals surface area contributed by atoms with Crippen LogP contribution in [0.1, 0.15) is 34.6 Å². The first-order valence-electron chi connectivity index (χ1n) is 10.5. The Hall–Kier alpha value is -3.16. The van der Waals surface area contributed by atoms with Gasteiger partial charge in [-0.3, -0.25) is 9.89 Å². The van der Waals surface area contributed by atoms with Crippen molar-refractivity contribution in [2.75, 3.05) is 37.7 Å². The second-order valence-corrected chi connectivity index (χ2v) is 8.22. The number of anilines is 1. The normalized spacial score (nSPS) is 16.9. The summed E-state index contributed by atoms with van der Waals surface area (Å²) >= 11 is 0. The summed E-state index contributed by atoms with van der Waals surface area (Å²) in [6.07, 6.45) is 4.05. The lowest BCUT2D eigenvalue weighted by molar-refractivity contribution is 0.0745. The summed E-state index contributed by atoms with van der Waals surface area (Å²) in [7, 11) is 0. The average molecular weight is 406 g/mol. The number of aromatic amines is 1. The molecule has 1 N–H and O–H groups in total. The van der Waals surface area contributed by atoms with Crippen LogP contribution in [-0.2, 0) is 0 Å². The number of piperazine rings is 1. The van der Waals surface area contributed by atoms with E-state index in [1.165, 1.54) is 12.8 Å². The molecule has 1 saturated heterocycles. The zero-order chi connectivity index (χ0) is 20.7. The maximum absolute atomic E-state index is 12.9. The number of rotatable bonds is 5. The molecule has 0 atom stereocenters. The minimum atomic E-state index is 0.0565. The van der Waals surface area contributed by atoms with Crippen LogP contribution >= 0.6 is 0 Å². The number of fused-ring (bicyclic) bond motifs is 1. The molecule has 1 aliphatic carbocycles. The highest BCUT2D eigenvalue weighted by atomic mass is 16.5. The first-order valence-corrected chi connectivity index (χ1v) is 10.5. The van der Waals surface area contributed by atoms with Gasteiger partial charge in [0.05, 0.1) is 28.8 Å². The number of nitrogens with zero attached hydrogens (tertiary/aromatic N) is 5. The maximum Gasteiger partial charge on any atom is 0.257 e. The van der Waals surface area contributed by atoms with E-state index < -0.39 is 0 Å². The number of ether oxygens (including phenoxy) is 1. The molecule has 8 nitrogen and oxygen atoms in total. The molecule has 1 aromatic carbocycles. The van der Waals surface area contributed by atoms with Gasteiger partial charge >= 0.3 is 0 Å². The van der Waals surface area contributed by atoms with Gasteiger partial charge in [-0.25, -0.2) is 9.97 Å². The van der Waals surface area contributed by atoms with E-state index in [0.717, 1.165) is 47.7 Å². The van der Waals surface area contributed by atoms with Crippen LogP contribution in [0.25, 0.3) is 10.9 Å². The van der Waals surface area contributed by atoms with Gasteiger partial charge in [-0.2, -0.15) is 5.10 Å². The predicted molar refractivity (Wildman–Crippen MR) is 114 cm³/mol. The summed E-state index contributed by atoms with van der Waals surface area (Å²) in [5, 5.41) is 8.00. The highest BCUT2D eigenvalue weighted by Crippen LogP contribution is 2.32. The highest BCUT2D eigenvalue weighted by Gasteiger charge is 2.26. The molecule has 30 heavy (non-hydrogen) atoms. The number of nitrogens with one attached hydrogen (secondary N) is 1. The van der Waals surface area contributed by atoms with Gasteiger partial charge in [-0.1, -0.05) is 0 Å². The van der Waals surface area contributed by atoms with Crippen molar-refractivity contribution >= 4 is 22.5 Å². The number of H-pyrrole nitrogens is 1.